The predicted octanol–water partition coefficient (Wildman–Crippen LogP) is 0.876. The second-order valence-corrected chi connectivity index (χ2v) is 3.97. The summed E-state index contributed by atoms with van der Waals surface area (Å²) in [5.74, 6) is 5.08. The number of hydrogen-bond donors (Lipinski definition) is 2. The quantitative estimate of drug-likeness (QED) is 0.375. The molecule has 0 saturated heterocycles. The summed E-state index contributed by atoms with van der Waals surface area (Å²) in [7, 11) is 3.21. The molecule has 21 heavy (non-hydrogen) atoms. The lowest BCUT2D eigenvalue weighted by atomic mass is 10.3. The number of hydrogen-bond acceptors (Lipinski definition) is 6. The van der Waals surface area contributed by atoms with Crippen molar-refractivity contribution in [2.45, 2.75) is 6.92 Å². The topological polar surface area (TPSA) is 95.1 Å². The van der Waals surface area contributed by atoms with Crippen LogP contribution in [0.3, 0.4) is 0 Å². The Morgan fingerprint density at radius 3 is 2.67 bits per heavy atom. The number of aldehydes is 1. The molecule has 2 aromatic rings. The van der Waals surface area contributed by atoms with E-state index < -0.39 is 0 Å². The Kier molecular flexibility index (Phi) is 6.79. The predicted molar refractivity (Wildman–Crippen MR) is 81.0 cm³/mol. The number of ether oxygens (including phenoxy) is 1. The minimum Gasteiger partial charge on any atom is -0.479 e. The Morgan fingerprint density at radius 1 is 1.43 bits per heavy atom. The van der Waals surface area contributed by atoms with Crippen molar-refractivity contribution in [1.82, 2.24) is 20.0 Å². The number of imidazole rings is 1. The van der Waals surface area contributed by atoms with Crippen LogP contribution < -0.4 is 16.0 Å². The Hall–Kier alpha value is -2.51. The van der Waals surface area contributed by atoms with Gasteiger partial charge in [0.1, 0.15) is 12.0 Å². The fraction of sp³-hybridized carbons (Fsp3) is 0.214. The molecule has 0 atom stereocenters. The van der Waals surface area contributed by atoms with Gasteiger partial charge in [-0.2, -0.15) is 0 Å². The summed E-state index contributed by atoms with van der Waals surface area (Å²) >= 11 is 0. The highest BCUT2D eigenvalue weighted by Gasteiger charge is 2.07. The number of pyridine rings is 1. The second-order valence-electron chi connectivity index (χ2n) is 3.97. The van der Waals surface area contributed by atoms with Crippen LogP contribution in [0.15, 0.2) is 30.7 Å². The monoisotopic (exact) mass is 289 g/mol. The number of nitrogens with zero attached hydrogens (tertiary/aromatic N) is 3. The molecule has 2 heterocycles. The SMILES string of the molecule is CNN.COc1nc(/C=C/C=O)ccc1-n1cnc(C)c1. The van der Waals surface area contributed by atoms with Crippen molar-refractivity contribution in [3.05, 3.63) is 42.1 Å². The number of aromatic nitrogens is 3. The molecule has 0 unspecified atom stereocenters. The van der Waals surface area contributed by atoms with Gasteiger partial charge in [-0.25, -0.2) is 9.97 Å². The minimum atomic E-state index is 0.487. The first-order chi connectivity index (χ1) is 10.2. The van der Waals surface area contributed by atoms with E-state index in [1.807, 2.05) is 29.8 Å². The fourth-order valence-corrected chi connectivity index (χ4v) is 1.58. The number of carbonyl (C=O) groups excluding carboxylic acids is 1. The molecule has 3 N–H and O–H groups in total. The minimum absolute atomic E-state index is 0.487. The van der Waals surface area contributed by atoms with Crippen LogP contribution in [0, 0.1) is 6.92 Å². The summed E-state index contributed by atoms with van der Waals surface area (Å²) < 4.78 is 7.09. The molecule has 112 valence electrons. The van der Waals surface area contributed by atoms with Gasteiger partial charge in [0.2, 0.25) is 5.88 Å². The highest BCUT2D eigenvalue weighted by Crippen LogP contribution is 2.21. The first-order valence-electron chi connectivity index (χ1n) is 6.21. The zero-order valence-electron chi connectivity index (χ0n) is 12.3. The number of nitrogens with two attached hydrogens (primary N) is 1. The Balaban J connectivity index is 0.000000677. The van der Waals surface area contributed by atoms with Crippen LogP contribution in [0.2, 0.25) is 0 Å². The van der Waals surface area contributed by atoms with Crippen molar-refractivity contribution in [1.29, 1.82) is 0 Å². The summed E-state index contributed by atoms with van der Waals surface area (Å²) in [6, 6.07) is 3.69. The van der Waals surface area contributed by atoms with Crippen molar-refractivity contribution in [2.24, 2.45) is 5.84 Å². The molecule has 2 aromatic heterocycles. The molecule has 0 aliphatic carbocycles. The number of allylic oxidation sites excluding steroid dienone is 1. The molecule has 0 amide bonds. The van der Waals surface area contributed by atoms with Gasteiger partial charge >= 0.3 is 0 Å². The zero-order chi connectivity index (χ0) is 15.7. The molecule has 7 heteroatoms. The van der Waals surface area contributed by atoms with E-state index in [9.17, 15) is 4.79 Å². The molecule has 0 aromatic carbocycles. The normalized spacial score (nSPS) is 10.1. The number of hydrazine groups is 1. The highest BCUT2D eigenvalue weighted by atomic mass is 16.5. The molecule has 0 aliphatic rings. The Morgan fingerprint density at radius 2 is 2.14 bits per heavy atom. The van der Waals surface area contributed by atoms with Gasteiger partial charge in [-0.3, -0.25) is 16.1 Å². The number of aryl methyl sites for hydroxylation is 1. The van der Waals surface area contributed by atoms with E-state index in [4.69, 9.17) is 4.74 Å². The largest absolute Gasteiger partial charge is 0.479 e. The molecule has 0 aliphatic heterocycles. The Bertz CT molecular complexity index is 607. The van der Waals surface area contributed by atoms with Crippen molar-refractivity contribution in [3.63, 3.8) is 0 Å². The first kappa shape index (κ1) is 16.5. The molecule has 0 saturated carbocycles. The maximum Gasteiger partial charge on any atom is 0.238 e. The van der Waals surface area contributed by atoms with Crippen LogP contribution in [0.5, 0.6) is 5.88 Å². The summed E-state index contributed by atoms with van der Waals surface area (Å²) in [6.07, 6.45) is 7.32. The molecule has 0 fully saturated rings. The molecular weight excluding hydrogens is 270 g/mol. The lowest BCUT2D eigenvalue weighted by Crippen LogP contribution is -2.13. The third-order valence-electron chi connectivity index (χ3n) is 2.39. The van der Waals surface area contributed by atoms with E-state index in [2.05, 4.69) is 21.2 Å². The number of methoxy groups -OCH3 is 1. The second kappa shape index (κ2) is 8.62. The van der Waals surface area contributed by atoms with Crippen LogP contribution in [0.4, 0.5) is 0 Å². The van der Waals surface area contributed by atoms with Crippen molar-refractivity contribution < 1.29 is 9.53 Å². The van der Waals surface area contributed by atoms with Gasteiger partial charge < -0.3 is 9.30 Å². The molecule has 0 radical (unpaired) electrons. The van der Waals surface area contributed by atoms with Gasteiger partial charge in [-0.1, -0.05) is 0 Å². The standard InChI is InChI=1S/C13H13N3O2.CH6N2/c1-10-8-16(9-14-10)12-6-5-11(4-3-7-17)15-13(12)18-2;1-3-2/h3-9H,1-2H3;3H,2H2,1H3/b4-3+;. The van der Waals surface area contributed by atoms with Crippen molar-refractivity contribution in [2.75, 3.05) is 14.2 Å². The van der Waals surface area contributed by atoms with Crippen LogP contribution in [-0.4, -0.2) is 35.0 Å². The third kappa shape index (κ3) is 4.83. The molecule has 0 bridgehead atoms. The number of nitrogens with one attached hydrogen (secondary N) is 1. The summed E-state index contributed by atoms with van der Waals surface area (Å²) in [4.78, 5) is 18.7. The average Bonchev–Trinajstić information content (AvgIpc) is 2.92. The van der Waals surface area contributed by atoms with E-state index in [0.29, 0.717) is 17.9 Å². The van der Waals surface area contributed by atoms with Crippen molar-refractivity contribution in [3.8, 4) is 11.6 Å². The van der Waals surface area contributed by atoms with E-state index in [1.165, 1.54) is 6.08 Å². The number of rotatable bonds is 4. The molecule has 7 nitrogen and oxygen atoms in total. The van der Waals surface area contributed by atoms with E-state index in [1.54, 1.807) is 26.6 Å². The molecule has 2 rings (SSSR count). The lowest BCUT2D eigenvalue weighted by molar-refractivity contribution is -0.104. The average molecular weight is 289 g/mol. The number of carbonyl (C=O) groups is 1. The van der Waals surface area contributed by atoms with Crippen LogP contribution in [0.1, 0.15) is 11.4 Å². The van der Waals surface area contributed by atoms with Gasteiger partial charge in [-0.05, 0) is 38.3 Å². The van der Waals surface area contributed by atoms with Gasteiger partial charge in [0.05, 0.1) is 24.8 Å². The smallest absolute Gasteiger partial charge is 0.238 e. The van der Waals surface area contributed by atoms with E-state index >= 15 is 0 Å². The Labute approximate surface area is 123 Å². The highest BCUT2D eigenvalue weighted by molar-refractivity contribution is 5.73. The lowest BCUT2D eigenvalue weighted by Gasteiger charge is -2.08. The summed E-state index contributed by atoms with van der Waals surface area (Å²) in [5, 5.41) is 0. The van der Waals surface area contributed by atoms with Gasteiger partial charge in [-0.15, -0.1) is 0 Å². The van der Waals surface area contributed by atoms with Gasteiger partial charge in [0, 0.05) is 6.20 Å². The maximum absolute atomic E-state index is 10.3. The maximum atomic E-state index is 10.3. The first-order valence-corrected chi connectivity index (χ1v) is 6.21. The summed E-state index contributed by atoms with van der Waals surface area (Å²) in [6.45, 7) is 1.91. The van der Waals surface area contributed by atoms with Gasteiger partial charge in [0.25, 0.3) is 0 Å². The van der Waals surface area contributed by atoms with Crippen LogP contribution in [0.25, 0.3) is 11.8 Å². The van der Waals surface area contributed by atoms with Crippen molar-refractivity contribution >= 4 is 12.4 Å². The fourth-order valence-electron chi connectivity index (χ4n) is 1.58. The zero-order valence-corrected chi connectivity index (χ0v) is 12.3. The van der Waals surface area contributed by atoms with Gasteiger partial charge in [0.15, 0.2) is 0 Å². The van der Waals surface area contributed by atoms with Crippen LogP contribution in [-0.2, 0) is 4.79 Å². The molecular formula is C14H19N5O2. The molecule has 0 spiro atoms. The third-order valence-corrected chi connectivity index (χ3v) is 2.39. The van der Waals surface area contributed by atoms with E-state index in [0.717, 1.165) is 11.4 Å². The van der Waals surface area contributed by atoms with Crippen LogP contribution >= 0.6 is 0 Å². The van der Waals surface area contributed by atoms with E-state index in [-0.39, 0.29) is 0 Å². The summed E-state index contributed by atoms with van der Waals surface area (Å²) in [5.41, 5.74) is 4.64.